The molecule has 1 amide bonds. The van der Waals surface area contributed by atoms with Crippen LogP contribution < -0.4 is 10.6 Å². The summed E-state index contributed by atoms with van der Waals surface area (Å²) in [4.78, 5) is 12.3. The number of aryl methyl sites for hydroxylation is 1. The van der Waals surface area contributed by atoms with Crippen molar-refractivity contribution in [3.05, 3.63) is 47.8 Å². The van der Waals surface area contributed by atoms with E-state index in [0.717, 1.165) is 30.6 Å². The van der Waals surface area contributed by atoms with E-state index >= 15 is 0 Å². The predicted octanol–water partition coefficient (Wildman–Crippen LogP) is 2.47. The molecule has 1 saturated heterocycles. The molecule has 5 nitrogen and oxygen atoms in total. The highest BCUT2D eigenvalue weighted by molar-refractivity contribution is 5.94. The Bertz CT molecular complexity index is 653. The van der Waals surface area contributed by atoms with Gasteiger partial charge in [-0.05, 0) is 63.1 Å². The molecule has 1 aromatic heterocycles. The Labute approximate surface area is 142 Å². The lowest BCUT2D eigenvalue weighted by Crippen LogP contribution is -2.46. The lowest BCUT2D eigenvalue weighted by Gasteiger charge is -2.28. The van der Waals surface area contributed by atoms with Gasteiger partial charge in [0, 0.05) is 23.8 Å². The van der Waals surface area contributed by atoms with Crippen LogP contribution in [-0.2, 0) is 0 Å². The van der Waals surface area contributed by atoms with E-state index in [-0.39, 0.29) is 24.4 Å². The summed E-state index contributed by atoms with van der Waals surface area (Å²) in [7, 11) is 0. The molecule has 3 rings (SSSR count). The van der Waals surface area contributed by atoms with Crippen LogP contribution in [0.4, 0.5) is 0 Å². The molecule has 124 valence electrons. The van der Waals surface area contributed by atoms with Crippen molar-refractivity contribution < 1.29 is 4.79 Å². The molecule has 0 aliphatic carbocycles. The van der Waals surface area contributed by atoms with E-state index in [1.54, 1.807) is 0 Å². The zero-order valence-corrected chi connectivity index (χ0v) is 14.3. The number of benzene rings is 1. The van der Waals surface area contributed by atoms with E-state index in [4.69, 9.17) is 0 Å². The van der Waals surface area contributed by atoms with Gasteiger partial charge in [-0.1, -0.05) is 0 Å². The lowest BCUT2D eigenvalue weighted by atomic mass is 10.0. The molecule has 2 aromatic rings. The van der Waals surface area contributed by atoms with Crippen molar-refractivity contribution in [3.8, 4) is 5.69 Å². The number of hydrogen-bond acceptors (Lipinski definition) is 3. The molecule has 2 N–H and O–H groups in total. The summed E-state index contributed by atoms with van der Waals surface area (Å²) in [6.45, 7) is 5.12. The average Bonchev–Trinajstić information content (AvgIpc) is 2.94. The van der Waals surface area contributed by atoms with Crippen LogP contribution in [0, 0.1) is 6.92 Å². The third-order valence-corrected chi connectivity index (χ3v) is 4.06. The monoisotopic (exact) mass is 334 g/mol. The molecule has 23 heavy (non-hydrogen) atoms. The zero-order valence-electron chi connectivity index (χ0n) is 13.5. The third kappa shape index (κ3) is 4.33. The minimum Gasteiger partial charge on any atom is -0.349 e. The average molecular weight is 335 g/mol. The Kier molecular flexibility index (Phi) is 5.80. The number of nitrogens with zero attached hydrogens (tertiary/aromatic N) is 2. The predicted molar refractivity (Wildman–Crippen MR) is 93.5 cm³/mol. The Hall–Kier alpha value is -1.85. The van der Waals surface area contributed by atoms with Crippen LogP contribution in [0.15, 0.2) is 36.7 Å². The first-order valence-electron chi connectivity index (χ1n) is 7.78. The molecule has 6 heteroatoms. The molecule has 2 atom stereocenters. The van der Waals surface area contributed by atoms with Gasteiger partial charge >= 0.3 is 0 Å². The summed E-state index contributed by atoms with van der Waals surface area (Å²) in [5.41, 5.74) is 2.76. The second kappa shape index (κ2) is 7.62. The standard InChI is InChI=1S/C17H22N4O.ClH/c1-12-10-19-21(11-12)16-5-3-14(4-6-16)17(22)20-15-7-8-18-13(2)9-15;/h3-6,10-11,13,15,18H,7-9H2,1-2H3,(H,20,22);1H. The summed E-state index contributed by atoms with van der Waals surface area (Å²) in [5, 5.41) is 10.8. The van der Waals surface area contributed by atoms with Crippen molar-refractivity contribution in [2.24, 2.45) is 0 Å². The zero-order chi connectivity index (χ0) is 15.5. The van der Waals surface area contributed by atoms with Crippen molar-refractivity contribution >= 4 is 18.3 Å². The third-order valence-electron chi connectivity index (χ3n) is 4.06. The fourth-order valence-electron chi connectivity index (χ4n) is 2.85. The molecule has 2 heterocycles. The van der Waals surface area contributed by atoms with Crippen LogP contribution in [-0.4, -0.2) is 34.3 Å². The van der Waals surface area contributed by atoms with Crippen LogP contribution in [0.25, 0.3) is 5.69 Å². The number of hydrogen-bond donors (Lipinski definition) is 2. The van der Waals surface area contributed by atoms with E-state index in [9.17, 15) is 4.79 Å². The molecule has 1 fully saturated rings. The maximum absolute atomic E-state index is 12.3. The normalized spacial score (nSPS) is 20.6. The summed E-state index contributed by atoms with van der Waals surface area (Å²) in [5.74, 6) is 0.00213. The molecule has 0 radical (unpaired) electrons. The van der Waals surface area contributed by atoms with E-state index < -0.39 is 0 Å². The number of piperidine rings is 1. The number of carbonyl (C=O) groups is 1. The fourth-order valence-corrected chi connectivity index (χ4v) is 2.85. The molecule has 2 unspecified atom stereocenters. The fraction of sp³-hybridized carbons (Fsp3) is 0.412. The van der Waals surface area contributed by atoms with Crippen molar-refractivity contribution in [1.82, 2.24) is 20.4 Å². The SMILES string of the molecule is Cc1cnn(-c2ccc(C(=O)NC3CCNC(C)C3)cc2)c1.Cl. The van der Waals surface area contributed by atoms with E-state index in [1.807, 2.05) is 48.3 Å². The van der Waals surface area contributed by atoms with E-state index in [1.165, 1.54) is 0 Å². The molecule has 1 aliphatic rings. The first kappa shape index (κ1) is 17.5. The van der Waals surface area contributed by atoms with Crippen molar-refractivity contribution in [2.45, 2.75) is 38.8 Å². The smallest absolute Gasteiger partial charge is 0.251 e. The van der Waals surface area contributed by atoms with Gasteiger partial charge in [0.1, 0.15) is 0 Å². The van der Waals surface area contributed by atoms with Crippen molar-refractivity contribution in [2.75, 3.05) is 6.54 Å². The van der Waals surface area contributed by atoms with Gasteiger partial charge in [0.2, 0.25) is 0 Å². The largest absolute Gasteiger partial charge is 0.349 e. The summed E-state index contributed by atoms with van der Waals surface area (Å²) in [6, 6.07) is 8.28. The minimum atomic E-state index is 0. The van der Waals surface area contributed by atoms with Crippen LogP contribution in [0.2, 0.25) is 0 Å². The van der Waals surface area contributed by atoms with Gasteiger partial charge in [-0.25, -0.2) is 4.68 Å². The Morgan fingerprint density at radius 2 is 2.09 bits per heavy atom. The van der Waals surface area contributed by atoms with Crippen molar-refractivity contribution in [1.29, 1.82) is 0 Å². The molecule has 0 spiro atoms. The topological polar surface area (TPSA) is 59.0 Å². The highest BCUT2D eigenvalue weighted by atomic mass is 35.5. The summed E-state index contributed by atoms with van der Waals surface area (Å²) < 4.78 is 1.81. The Morgan fingerprint density at radius 3 is 2.70 bits per heavy atom. The van der Waals surface area contributed by atoms with Gasteiger partial charge in [0.05, 0.1) is 11.9 Å². The van der Waals surface area contributed by atoms with Gasteiger partial charge < -0.3 is 10.6 Å². The van der Waals surface area contributed by atoms with Crippen LogP contribution in [0.3, 0.4) is 0 Å². The highest BCUT2D eigenvalue weighted by Crippen LogP contribution is 2.12. The summed E-state index contributed by atoms with van der Waals surface area (Å²) >= 11 is 0. The van der Waals surface area contributed by atoms with Crippen LogP contribution >= 0.6 is 12.4 Å². The number of halogens is 1. The minimum absolute atomic E-state index is 0. The van der Waals surface area contributed by atoms with E-state index in [0.29, 0.717) is 11.6 Å². The number of amides is 1. The van der Waals surface area contributed by atoms with Crippen molar-refractivity contribution in [3.63, 3.8) is 0 Å². The number of aromatic nitrogens is 2. The second-order valence-electron chi connectivity index (χ2n) is 6.06. The maximum Gasteiger partial charge on any atom is 0.251 e. The highest BCUT2D eigenvalue weighted by Gasteiger charge is 2.20. The molecule has 1 aromatic carbocycles. The van der Waals surface area contributed by atoms with Crippen LogP contribution in [0.5, 0.6) is 0 Å². The van der Waals surface area contributed by atoms with Crippen LogP contribution in [0.1, 0.15) is 35.7 Å². The number of carbonyl (C=O) groups excluding carboxylic acids is 1. The van der Waals surface area contributed by atoms with Gasteiger partial charge in [0.15, 0.2) is 0 Å². The first-order valence-corrected chi connectivity index (χ1v) is 7.78. The van der Waals surface area contributed by atoms with Gasteiger partial charge in [0.25, 0.3) is 5.91 Å². The van der Waals surface area contributed by atoms with Gasteiger partial charge in [-0.2, -0.15) is 5.10 Å². The first-order chi connectivity index (χ1) is 10.6. The Balaban J connectivity index is 0.00000192. The lowest BCUT2D eigenvalue weighted by molar-refractivity contribution is 0.0925. The van der Waals surface area contributed by atoms with Gasteiger partial charge in [-0.3, -0.25) is 4.79 Å². The summed E-state index contributed by atoms with van der Waals surface area (Å²) in [6.07, 6.45) is 5.75. The van der Waals surface area contributed by atoms with Gasteiger partial charge in [-0.15, -0.1) is 12.4 Å². The maximum atomic E-state index is 12.3. The molecule has 1 aliphatic heterocycles. The quantitative estimate of drug-likeness (QED) is 0.906. The molecular weight excluding hydrogens is 312 g/mol. The molecule has 0 saturated carbocycles. The number of rotatable bonds is 3. The van der Waals surface area contributed by atoms with E-state index in [2.05, 4.69) is 22.7 Å². The number of nitrogens with one attached hydrogen (secondary N) is 2. The second-order valence-corrected chi connectivity index (χ2v) is 6.06. The molecular formula is C17H23ClN4O. The Morgan fingerprint density at radius 1 is 1.35 bits per heavy atom. The molecule has 0 bridgehead atoms.